The van der Waals surface area contributed by atoms with Crippen LogP contribution in [0.3, 0.4) is 0 Å². The summed E-state index contributed by atoms with van der Waals surface area (Å²) in [6.45, 7) is 3.19. The first kappa shape index (κ1) is 20.6. The maximum absolute atomic E-state index is 12.8. The Kier molecular flexibility index (Phi) is 6.57. The standard InChI is InChI=1S/C20H21Cl2N3O3/c1-24-5-7-25(8-6-24)23-19(26)14-9-13(10-15(11-14)20(27)28-2)17-12-16(21)3-4-18(17)22/h3-4,9-12H,5-8H2,1-2H3,(H,23,26). The molecule has 28 heavy (non-hydrogen) atoms. The Hall–Kier alpha value is -2.12. The summed E-state index contributed by atoms with van der Waals surface area (Å²) in [5, 5.41) is 2.85. The molecule has 3 rings (SSSR count). The van der Waals surface area contributed by atoms with Crippen LogP contribution in [0.15, 0.2) is 36.4 Å². The third kappa shape index (κ3) is 4.83. The molecular weight excluding hydrogens is 401 g/mol. The first-order valence-electron chi connectivity index (χ1n) is 8.80. The van der Waals surface area contributed by atoms with Crippen molar-refractivity contribution in [3.63, 3.8) is 0 Å². The minimum atomic E-state index is -0.534. The molecule has 0 aromatic heterocycles. The number of likely N-dealkylation sites (N-methyl/N-ethyl adjacent to an activating group) is 1. The fraction of sp³-hybridized carbons (Fsp3) is 0.300. The molecule has 0 saturated carbocycles. The lowest BCUT2D eigenvalue weighted by molar-refractivity contribution is 0.0600. The van der Waals surface area contributed by atoms with Gasteiger partial charge >= 0.3 is 5.97 Å². The Balaban J connectivity index is 1.95. The highest BCUT2D eigenvalue weighted by Crippen LogP contribution is 2.32. The average Bonchev–Trinajstić information content (AvgIpc) is 2.70. The molecule has 6 nitrogen and oxygen atoms in total. The van der Waals surface area contributed by atoms with E-state index in [-0.39, 0.29) is 11.5 Å². The number of ether oxygens (including phenoxy) is 1. The number of methoxy groups -OCH3 is 1. The van der Waals surface area contributed by atoms with Gasteiger partial charge in [0.25, 0.3) is 5.91 Å². The Morgan fingerprint density at radius 2 is 1.68 bits per heavy atom. The molecule has 1 heterocycles. The van der Waals surface area contributed by atoms with Gasteiger partial charge < -0.3 is 9.64 Å². The molecule has 1 N–H and O–H groups in total. The highest BCUT2D eigenvalue weighted by Gasteiger charge is 2.19. The van der Waals surface area contributed by atoms with Gasteiger partial charge in [-0.25, -0.2) is 9.80 Å². The predicted molar refractivity (Wildman–Crippen MR) is 110 cm³/mol. The molecule has 1 fully saturated rings. The van der Waals surface area contributed by atoms with Crippen LogP contribution in [0.5, 0.6) is 0 Å². The van der Waals surface area contributed by atoms with Gasteiger partial charge in [0.05, 0.1) is 12.7 Å². The van der Waals surface area contributed by atoms with Crippen LogP contribution in [-0.4, -0.2) is 62.1 Å². The Morgan fingerprint density at radius 1 is 1.00 bits per heavy atom. The number of benzene rings is 2. The summed E-state index contributed by atoms with van der Waals surface area (Å²) in [6.07, 6.45) is 0. The molecule has 0 atom stereocenters. The lowest BCUT2D eigenvalue weighted by atomic mass is 9.99. The summed E-state index contributed by atoms with van der Waals surface area (Å²) in [6, 6.07) is 9.89. The van der Waals surface area contributed by atoms with Crippen molar-refractivity contribution in [1.82, 2.24) is 15.3 Å². The molecule has 2 aromatic rings. The second-order valence-electron chi connectivity index (χ2n) is 6.65. The van der Waals surface area contributed by atoms with Gasteiger partial charge in [0.15, 0.2) is 0 Å². The van der Waals surface area contributed by atoms with Crippen molar-refractivity contribution < 1.29 is 14.3 Å². The number of piperazine rings is 1. The zero-order valence-corrected chi connectivity index (χ0v) is 17.2. The van der Waals surface area contributed by atoms with Crippen LogP contribution in [0.2, 0.25) is 10.0 Å². The lowest BCUT2D eigenvalue weighted by Crippen LogP contribution is -2.52. The van der Waals surface area contributed by atoms with Gasteiger partial charge in [-0.3, -0.25) is 10.2 Å². The number of halogens is 2. The van der Waals surface area contributed by atoms with Crippen LogP contribution >= 0.6 is 23.2 Å². The van der Waals surface area contributed by atoms with E-state index in [0.717, 1.165) is 26.2 Å². The van der Waals surface area contributed by atoms with E-state index in [9.17, 15) is 9.59 Å². The second-order valence-corrected chi connectivity index (χ2v) is 7.49. The van der Waals surface area contributed by atoms with Gasteiger partial charge in [-0.2, -0.15) is 0 Å². The number of carbonyl (C=O) groups excluding carboxylic acids is 2. The summed E-state index contributed by atoms with van der Waals surface area (Å²) in [5.41, 5.74) is 4.75. The summed E-state index contributed by atoms with van der Waals surface area (Å²) in [5.74, 6) is -0.830. The predicted octanol–water partition coefficient (Wildman–Crippen LogP) is 3.34. The monoisotopic (exact) mass is 421 g/mol. The number of nitrogens with zero attached hydrogens (tertiary/aromatic N) is 2. The van der Waals surface area contributed by atoms with E-state index in [0.29, 0.717) is 26.7 Å². The molecule has 8 heteroatoms. The second kappa shape index (κ2) is 8.92. The van der Waals surface area contributed by atoms with Crippen LogP contribution in [0.25, 0.3) is 11.1 Å². The zero-order valence-electron chi connectivity index (χ0n) is 15.7. The Labute approximate surface area is 173 Å². The first-order valence-corrected chi connectivity index (χ1v) is 9.56. The van der Waals surface area contributed by atoms with E-state index in [4.69, 9.17) is 27.9 Å². The number of carbonyl (C=O) groups is 2. The van der Waals surface area contributed by atoms with Gasteiger partial charge in [-0.1, -0.05) is 23.2 Å². The maximum Gasteiger partial charge on any atom is 0.337 e. The molecule has 1 aliphatic heterocycles. The molecule has 0 bridgehead atoms. The number of rotatable bonds is 4. The van der Waals surface area contributed by atoms with Gasteiger partial charge in [0.1, 0.15) is 0 Å². The first-order chi connectivity index (χ1) is 13.4. The minimum Gasteiger partial charge on any atom is -0.465 e. The number of amides is 1. The summed E-state index contributed by atoms with van der Waals surface area (Å²) < 4.78 is 4.83. The molecule has 0 aliphatic carbocycles. The van der Waals surface area contributed by atoms with Crippen molar-refractivity contribution in [2.24, 2.45) is 0 Å². The van der Waals surface area contributed by atoms with Gasteiger partial charge in [-0.15, -0.1) is 0 Å². The largest absolute Gasteiger partial charge is 0.465 e. The van der Waals surface area contributed by atoms with Crippen LogP contribution < -0.4 is 5.43 Å². The van der Waals surface area contributed by atoms with E-state index in [1.165, 1.54) is 13.2 Å². The van der Waals surface area contributed by atoms with Crippen LogP contribution in [0, 0.1) is 0 Å². The normalized spacial score (nSPS) is 15.3. The zero-order chi connectivity index (χ0) is 20.3. The van der Waals surface area contributed by atoms with Gasteiger partial charge in [0, 0.05) is 47.4 Å². The van der Waals surface area contributed by atoms with Crippen molar-refractivity contribution in [3.8, 4) is 11.1 Å². The molecule has 2 aromatic carbocycles. The van der Waals surface area contributed by atoms with Crippen molar-refractivity contribution in [2.75, 3.05) is 40.3 Å². The van der Waals surface area contributed by atoms with Gasteiger partial charge in [-0.05, 0) is 49.0 Å². The summed E-state index contributed by atoms with van der Waals surface area (Å²) >= 11 is 12.4. The van der Waals surface area contributed by atoms with Gasteiger partial charge in [0.2, 0.25) is 0 Å². The third-order valence-corrected chi connectivity index (χ3v) is 5.18. The lowest BCUT2D eigenvalue weighted by Gasteiger charge is -2.32. The Bertz CT molecular complexity index is 896. The van der Waals surface area contributed by atoms with Crippen molar-refractivity contribution >= 4 is 35.1 Å². The molecule has 1 aliphatic rings. The Morgan fingerprint density at radius 3 is 2.36 bits per heavy atom. The molecule has 1 saturated heterocycles. The summed E-state index contributed by atoms with van der Waals surface area (Å²) in [4.78, 5) is 27.1. The van der Waals surface area contributed by atoms with Crippen molar-refractivity contribution in [3.05, 3.63) is 57.6 Å². The number of hydrazine groups is 1. The molecule has 1 amide bonds. The third-order valence-electron chi connectivity index (χ3n) is 4.62. The van der Waals surface area contributed by atoms with Crippen molar-refractivity contribution in [2.45, 2.75) is 0 Å². The van der Waals surface area contributed by atoms with E-state index in [2.05, 4.69) is 10.3 Å². The van der Waals surface area contributed by atoms with E-state index >= 15 is 0 Å². The quantitative estimate of drug-likeness (QED) is 0.766. The van der Waals surface area contributed by atoms with Crippen LogP contribution in [-0.2, 0) is 4.74 Å². The molecule has 0 radical (unpaired) electrons. The summed E-state index contributed by atoms with van der Waals surface area (Å²) in [7, 11) is 3.34. The van der Waals surface area contributed by atoms with E-state index < -0.39 is 5.97 Å². The average molecular weight is 422 g/mol. The fourth-order valence-corrected chi connectivity index (χ4v) is 3.39. The highest BCUT2D eigenvalue weighted by molar-refractivity contribution is 6.35. The van der Waals surface area contributed by atoms with Crippen molar-refractivity contribution in [1.29, 1.82) is 0 Å². The molecular formula is C20H21Cl2N3O3. The number of hydrogen-bond donors (Lipinski definition) is 1. The SMILES string of the molecule is COC(=O)c1cc(C(=O)NN2CCN(C)CC2)cc(-c2cc(Cl)ccc2Cl)c1. The number of nitrogens with one attached hydrogen (secondary N) is 1. The van der Waals surface area contributed by atoms with E-state index in [1.54, 1.807) is 30.3 Å². The maximum atomic E-state index is 12.8. The van der Waals surface area contributed by atoms with Crippen LogP contribution in [0.4, 0.5) is 0 Å². The highest BCUT2D eigenvalue weighted by atomic mass is 35.5. The topological polar surface area (TPSA) is 61.9 Å². The molecule has 0 unspecified atom stereocenters. The van der Waals surface area contributed by atoms with E-state index in [1.807, 2.05) is 12.1 Å². The molecule has 148 valence electrons. The number of esters is 1. The molecule has 0 spiro atoms. The number of hydrogen-bond acceptors (Lipinski definition) is 5. The smallest absolute Gasteiger partial charge is 0.337 e. The fourth-order valence-electron chi connectivity index (χ4n) is 3.00. The van der Waals surface area contributed by atoms with Crippen LogP contribution in [0.1, 0.15) is 20.7 Å². The minimum absolute atomic E-state index is 0.263.